The molecule has 100 valence electrons. The summed E-state index contributed by atoms with van der Waals surface area (Å²) in [6.45, 7) is 2.11. The van der Waals surface area contributed by atoms with Crippen molar-refractivity contribution in [2.24, 2.45) is 0 Å². The summed E-state index contributed by atoms with van der Waals surface area (Å²) in [5, 5.41) is 4.99. The van der Waals surface area contributed by atoms with Crippen LogP contribution in [0.2, 0.25) is 0 Å². The maximum absolute atomic E-state index is 3.71. The van der Waals surface area contributed by atoms with Crippen molar-refractivity contribution in [2.45, 2.75) is 45.1 Å². The normalized spacial score (nSPS) is 17.8. The molecule has 2 N–H and O–H groups in total. The first-order valence-electron chi connectivity index (χ1n) is 7.38. The van der Waals surface area contributed by atoms with Crippen molar-refractivity contribution in [3.05, 3.63) is 42.1 Å². The van der Waals surface area contributed by atoms with Crippen LogP contribution >= 0.6 is 0 Å². The molecule has 3 rings (SSSR count). The second kappa shape index (κ2) is 5.52. The highest BCUT2D eigenvalue weighted by Crippen LogP contribution is 2.23. The fourth-order valence-electron chi connectivity index (χ4n) is 3.00. The fraction of sp³-hybridized carbons (Fsp3) is 0.412. The first-order valence-corrected chi connectivity index (χ1v) is 7.38. The molecule has 0 bridgehead atoms. The summed E-state index contributed by atoms with van der Waals surface area (Å²) in [6, 6.07) is 11.3. The van der Waals surface area contributed by atoms with Crippen LogP contribution in [0, 0.1) is 0 Å². The Labute approximate surface area is 114 Å². The molecule has 1 aromatic carbocycles. The number of rotatable bonds is 3. The van der Waals surface area contributed by atoms with Crippen LogP contribution in [-0.2, 0) is 0 Å². The van der Waals surface area contributed by atoms with Crippen molar-refractivity contribution < 1.29 is 0 Å². The number of hydrogen-bond donors (Lipinski definition) is 2. The number of para-hydroxylation sites is 1. The molecule has 2 aromatic rings. The van der Waals surface area contributed by atoms with E-state index in [9.17, 15) is 0 Å². The zero-order valence-electron chi connectivity index (χ0n) is 11.6. The Morgan fingerprint density at radius 3 is 2.74 bits per heavy atom. The van der Waals surface area contributed by atoms with Gasteiger partial charge in [-0.3, -0.25) is 0 Å². The van der Waals surface area contributed by atoms with Gasteiger partial charge in [-0.25, -0.2) is 0 Å². The number of benzene rings is 1. The molecule has 0 unspecified atom stereocenters. The van der Waals surface area contributed by atoms with Gasteiger partial charge in [0.2, 0.25) is 0 Å². The SMILES string of the molecule is C/C=C(\NC1CCCCC1)c1cc2ccccc2[nH]1. The molecule has 1 fully saturated rings. The molecule has 0 aliphatic heterocycles. The van der Waals surface area contributed by atoms with Gasteiger partial charge < -0.3 is 10.3 Å². The van der Waals surface area contributed by atoms with E-state index in [1.807, 2.05) is 0 Å². The molecule has 1 heterocycles. The molecule has 0 spiro atoms. The van der Waals surface area contributed by atoms with Gasteiger partial charge in [0.15, 0.2) is 0 Å². The zero-order valence-corrected chi connectivity index (χ0v) is 11.6. The highest BCUT2D eigenvalue weighted by molar-refractivity contribution is 5.84. The number of aromatic nitrogens is 1. The molecule has 1 aliphatic carbocycles. The fourth-order valence-corrected chi connectivity index (χ4v) is 3.00. The van der Waals surface area contributed by atoms with Crippen LogP contribution < -0.4 is 5.32 Å². The first kappa shape index (κ1) is 12.3. The van der Waals surface area contributed by atoms with Crippen molar-refractivity contribution in [1.29, 1.82) is 0 Å². The van der Waals surface area contributed by atoms with Gasteiger partial charge >= 0.3 is 0 Å². The predicted molar refractivity (Wildman–Crippen MR) is 82.0 cm³/mol. The number of allylic oxidation sites excluding steroid dienone is 1. The van der Waals surface area contributed by atoms with Gasteiger partial charge in [-0.2, -0.15) is 0 Å². The molecule has 0 saturated heterocycles. The zero-order chi connectivity index (χ0) is 13.1. The highest BCUT2D eigenvalue weighted by Gasteiger charge is 2.15. The van der Waals surface area contributed by atoms with E-state index in [-0.39, 0.29) is 0 Å². The van der Waals surface area contributed by atoms with Crippen LogP contribution in [-0.4, -0.2) is 11.0 Å². The Balaban J connectivity index is 1.81. The van der Waals surface area contributed by atoms with Gasteiger partial charge in [0.25, 0.3) is 0 Å². The monoisotopic (exact) mass is 254 g/mol. The largest absolute Gasteiger partial charge is 0.381 e. The summed E-state index contributed by atoms with van der Waals surface area (Å²) in [5.74, 6) is 0. The number of fused-ring (bicyclic) bond motifs is 1. The molecule has 0 radical (unpaired) electrons. The van der Waals surface area contributed by atoms with Gasteiger partial charge in [0, 0.05) is 16.9 Å². The molecule has 0 atom stereocenters. The van der Waals surface area contributed by atoms with E-state index in [4.69, 9.17) is 0 Å². The number of hydrogen-bond acceptors (Lipinski definition) is 1. The summed E-state index contributed by atoms with van der Waals surface area (Å²) in [6.07, 6.45) is 8.91. The molecule has 2 nitrogen and oxygen atoms in total. The predicted octanol–water partition coefficient (Wildman–Crippen LogP) is 4.45. The Kier molecular flexibility index (Phi) is 3.58. The van der Waals surface area contributed by atoms with E-state index in [0.29, 0.717) is 6.04 Å². The summed E-state index contributed by atoms with van der Waals surface area (Å²) in [5.41, 5.74) is 3.65. The molecule has 1 saturated carbocycles. The lowest BCUT2D eigenvalue weighted by atomic mass is 9.95. The lowest BCUT2D eigenvalue weighted by molar-refractivity contribution is 0.408. The third-order valence-corrected chi connectivity index (χ3v) is 4.07. The topological polar surface area (TPSA) is 27.8 Å². The molecule has 0 amide bonds. The first-order chi connectivity index (χ1) is 9.36. The minimum atomic E-state index is 0.645. The van der Waals surface area contributed by atoms with Crippen LogP contribution in [0.25, 0.3) is 16.6 Å². The van der Waals surface area contributed by atoms with E-state index in [1.165, 1.54) is 54.4 Å². The Morgan fingerprint density at radius 1 is 1.21 bits per heavy atom. The van der Waals surface area contributed by atoms with Crippen LogP contribution in [0.1, 0.15) is 44.7 Å². The van der Waals surface area contributed by atoms with E-state index < -0.39 is 0 Å². The summed E-state index contributed by atoms with van der Waals surface area (Å²) >= 11 is 0. The van der Waals surface area contributed by atoms with E-state index >= 15 is 0 Å². The quantitative estimate of drug-likeness (QED) is 0.832. The van der Waals surface area contributed by atoms with Crippen molar-refractivity contribution in [2.75, 3.05) is 0 Å². The van der Waals surface area contributed by atoms with Crippen molar-refractivity contribution >= 4 is 16.6 Å². The second-order valence-electron chi connectivity index (χ2n) is 5.45. The minimum Gasteiger partial charge on any atom is -0.381 e. The van der Waals surface area contributed by atoms with Crippen LogP contribution in [0.15, 0.2) is 36.4 Å². The minimum absolute atomic E-state index is 0.645. The molecule has 1 aliphatic rings. The number of H-pyrrole nitrogens is 1. The average molecular weight is 254 g/mol. The molecule has 19 heavy (non-hydrogen) atoms. The molecular formula is C17H22N2. The van der Waals surface area contributed by atoms with Gasteiger partial charge in [0.05, 0.1) is 11.4 Å². The van der Waals surface area contributed by atoms with E-state index in [2.05, 4.69) is 53.6 Å². The summed E-state index contributed by atoms with van der Waals surface area (Å²) in [7, 11) is 0. The maximum atomic E-state index is 3.71. The van der Waals surface area contributed by atoms with E-state index in [0.717, 1.165) is 0 Å². The molecule has 2 heteroatoms. The molecular weight excluding hydrogens is 232 g/mol. The third-order valence-electron chi connectivity index (χ3n) is 4.07. The standard InChI is InChI=1S/C17H22N2/c1-2-15(18-14-9-4-3-5-10-14)17-12-13-8-6-7-11-16(13)19-17/h2,6-8,11-12,14,18-19H,3-5,9-10H2,1H3/b15-2-. The van der Waals surface area contributed by atoms with Crippen LogP contribution in [0.4, 0.5) is 0 Å². The number of nitrogens with one attached hydrogen (secondary N) is 2. The maximum Gasteiger partial charge on any atom is 0.0623 e. The summed E-state index contributed by atoms with van der Waals surface area (Å²) in [4.78, 5) is 3.51. The van der Waals surface area contributed by atoms with Gasteiger partial charge in [-0.1, -0.05) is 43.5 Å². The lowest BCUT2D eigenvalue weighted by Gasteiger charge is -2.25. The van der Waals surface area contributed by atoms with Gasteiger partial charge in [0.1, 0.15) is 0 Å². The van der Waals surface area contributed by atoms with Crippen LogP contribution in [0.5, 0.6) is 0 Å². The van der Waals surface area contributed by atoms with Crippen molar-refractivity contribution in [3.63, 3.8) is 0 Å². The van der Waals surface area contributed by atoms with E-state index in [1.54, 1.807) is 0 Å². The Morgan fingerprint density at radius 2 is 2.00 bits per heavy atom. The van der Waals surface area contributed by atoms with Gasteiger partial charge in [-0.15, -0.1) is 0 Å². The Hall–Kier alpha value is -1.70. The summed E-state index contributed by atoms with van der Waals surface area (Å²) < 4.78 is 0. The van der Waals surface area contributed by atoms with Crippen LogP contribution in [0.3, 0.4) is 0 Å². The molecule has 1 aromatic heterocycles. The van der Waals surface area contributed by atoms with Gasteiger partial charge in [-0.05, 0) is 31.9 Å². The third kappa shape index (κ3) is 2.67. The van der Waals surface area contributed by atoms with Crippen molar-refractivity contribution in [1.82, 2.24) is 10.3 Å². The number of aromatic amines is 1. The Bertz CT molecular complexity index is 541. The lowest BCUT2D eigenvalue weighted by Crippen LogP contribution is -2.29. The second-order valence-corrected chi connectivity index (χ2v) is 5.45. The average Bonchev–Trinajstić information content (AvgIpc) is 2.89. The highest BCUT2D eigenvalue weighted by atomic mass is 15.0. The smallest absolute Gasteiger partial charge is 0.0623 e. The van der Waals surface area contributed by atoms with Crippen molar-refractivity contribution in [3.8, 4) is 0 Å².